The van der Waals surface area contributed by atoms with Crippen LogP contribution in [0, 0.1) is 13.8 Å². The van der Waals surface area contributed by atoms with Gasteiger partial charge in [-0.3, -0.25) is 9.59 Å². The Morgan fingerprint density at radius 1 is 1.30 bits per heavy atom. The van der Waals surface area contributed by atoms with E-state index < -0.39 is 0 Å². The number of benzene rings is 1. The summed E-state index contributed by atoms with van der Waals surface area (Å²) in [5.74, 6) is -0.134. The molecule has 1 aromatic heterocycles. The van der Waals surface area contributed by atoms with Crippen molar-refractivity contribution in [2.24, 2.45) is 0 Å². The van der Waals surface area contributed by atoms with E-state index in [1.165, 1.54) is 18.3 Å². The number of ketones is 1. The quantitative estimate of drug-likeness (QED) is 0.879. The van der Waals surface area contributed by atoms with Gasteiger partial charge >= 0.3 is 0 Å². The SMILES string of the molecule is CC(=O)c1sc(CC(=O)Nc2cccc(C)c2)nc1C. The molecule has 1 heterocycles. The highest BCUT2D eigenvalue weighted by Gasteiger charge is 2.14. The molecule has 0 saturated heterocycles. The molecule has 104 valence electrons. The standard InChI is InChI=1S/C15H16N2O2S/c1-9-5-4-6-12(7-9)17-13(19)8-14-16-10(2)15(20-14)11(3)18/h4-7H,8H2,1-3H3,(H,17,19). The summed E-state index contributed by atoms with van der Waals surface area (Å²) < 4.78 is 0. The van der Waals surface area contributed by atoms with Gasteiger partial charge in [0.25, 0.3) is 0 Å². The molecule has 4 nitrogen and oxygen atoms in total. The van der Waals surface area contributed by atoms with E-state index in [9.17, 15) is 9.59 Å². The third-order valence-electron chi connectivity index (χ3n) is 2.77. The maximum Gasteiger partial charge on any atom is 0.231 e. The van der Waals surface area contributed by atoms with Crippen molar-refractivity contribution in [3.05, 3.63) is 45.4 Å². The topological polar surface area (TPSA) is 59.1 Å². The molecule has 0 radical (unpaired) electrons. The van der Waals surface area contributed by atoms with Gasteiger partial charge < -0.3 is 5.32 Å². The Morgan fingerprint density at radius 3 is 2.65 bits per heavy atom. The minimum atomic E-state index is -0.126. The van der Waals surface area contributed by atoms with Crippen LogP contribution in [-0.2, 0) is 11.2 Å². The van der Waals surface area contributed by atoms with Crippen LogP contribution in [0.4, 0.5) is 5.69 Å². The first kappa shape index (κ1) is 14.4. The number of nitrogens with one attached hydrogen (secondary N) is 1. The number of anilines is 1. The number of amides is 1. The third-order valence-corrected chi connectivity index (χ3v) is 4.03. The van der Waals surface area contributed by atoms with Crippen molar-refractivity contribution in [2.45, 2.75) is 27.2 Å². The predicted molar refractivity (Wildman–Crippen MR) is 80.4 cm³/mol. The van der Waals surface area contributed by atoms with Gasteiger partial charge in [-0.05, 0) is 31.5 Å². The molecular weight excluding hydrogens is 272 g/mol. The maximum atomic E-state index is 12.0. The lowest BCUT2D eigenvalue weighted by molar-refractivity contribution is -0.115. The van der Waals surface area contributed by atoms with Gasteiger partial charge in [0.2, 0.25) is 5.91 Å². The van der Waals surface area contributed by atoms with E-state index in [2.05, 4.69) is 10.3 Å². The molecule has 0 atom stereocenters. The summed E-state index contributed by atoms with van der Waals surface area (Å²) in [6.45, 7) is 5.27. The average molecular weight is 288 g/mol. The zero-order valence-corrected chi connectivity index (χ0v) is 12.5. The van der Waals surface area contributed by atoms with Crippen molar-refractivity contribution in [1.82, 2.24) is 4.98 Å². The number of thiazole rings is 1. The summed E-state index contributed by atoms with van der Waals surface area (Å²) in [6, 6.07) is 7.62. The molecule has 0 aliphatic carbocycles. The molecule has 1 amide bonds. The molecule has 0 aliphatic rings. The number of Topliss-reactive ketones (excluding diaryl/α,β-unsaturated/α-hetero) is 1. The van der Waals surface area contributed by atoms with Gasteiger partial charge in [-0.15, -0.1) is 11.3 Å². The second kappa shape index (κ2) is 5.96. The van der Waals surface area contributed by atoms with Gasteiger partial charge in [0, 0.05) is 12.6 Å². The highest BCUT2D eigenvalue weighted by atomic mass is 32.1. The second-order valence-corrected chi connectivity index (χ2v) is 5.76. The Morgan fingerprint density at radius 2 is 2.05 bits per heavy atom. The maximum absolute atomic E-state index is 12.0. The molecule has 0 bridgehead atoms. The van der Waals surface area contributed by atoms with Crippen molar-refractivity contribution in [3.63, 3.8) is 0 Å². The first-order valence-corrected chi connectivity index (χ1v) is 7.11. The summed E-state index contributed by atoms with van der Waals surface area (Å²) in [7, 11) is 0. The Hall–Kier alpha value is -2.01. The van der Waals surface area contributed by atoms with Gasteiger partial charge in [-0.1, -0.05) is 12.1 Å². The number of rotatable bonds is 4. The molecule has 0 spiro atoms. The van der Waals surface area contributed by atoms with Crippen molar-refractivity contribution in [1.29, 1.82) is 0 Å². The summed E-state index contributed by atoms with van der Waals surface area (Å²) in [5.41, 5.74) is 2.56. The van der Waals surface area contributed by atoms with Crippen LogP contribution in [0.3, 0.4) is 0 Å². The minimum Gasteiger partial charge on any atom is -0.326 e. The van der Waals surface area contributed by atoms with Gasteiger partial charge in [0.15, 0.2) is 5.78 Å². The van der Waals surface area contributed by atoms with E-state index in [0.717, 1.165) is 11.3 Å². The van der Waals surface area contributed by atoms with Crippen LogP contribution in [0.2, 0.25) is 0 Å². The molecule has 0 fully saturated rings. The summed E-state index contributed by atoms with van der Waals surface area (Å²) >= 11 is 1.29. The molecule has 0 saturated carbocycles. The normalized spacial score (nSPS) is 10.3. The number of nitrogens with zero attached hydrogens (tertiary/aromatic N) is 1. The largest absolute Gasteiger partial charge is 0.326 e. The summed E-state index contributed by atoms with van der Waals surface area (Å²) in [4.78, 5) is 28.2. The van der Waals surface area contributed by atoms with Gasteiger partial charge in [0.1, 0.15) is 5.01 Å². The predicted octanol–water partition coefficient (Wildman–Crippen LogP) is 3.14. The molecule has 1 N–H and O–H groups in total. The van der Waals surface area contributed by atoms with Gasteiger partial charge in [0.05, 0.1) is 17.0 Å². The minimum absolute atomic E-state index is 0.00894. The van der Waals surface area contributed by atoms with Gasteiger partial charge in [-0.2, -0.15) is 0 Å². The summed E-state index contributed by atoms with van der Waals surface area (Å²) in [6.07, 6.45) is 0.187. The van der Waals surface area contributed by atoms with Crippen LogP contribution < -0.4 is 5.32 Å². The Bertz CT molecular complexity index is 662. The monoisotopic (exact) mass is 288 g/mol. The number of carbonyl (C=O) groups is 2. The third kappa shape index (κ3) is 3.51. The smallest absolute Gasteiger partial charge is 0.231 e. The average Bonchev–Trinajstić information content (AvgIpc) is 2.70. The van der Waals surface area contributed by atoms with Crippen LogP contribution in [-0.4, -0.2) is 16.7 Å². The second-order valence-electron chi connectivity index (χ2n) is 4.67. The Labute approximate surface area is 121 Å². The fourth-order valence-corrected chi connectivity index (χ4v) is 2.88. The number of aryl methyl sites for hydroxylation is 2. The molecule has 0 aliphatic heterocycles. The first-order chi connectivity index (χ1) is 9.45. The lowest BCUT2D eigenvalue weighted by Gasteiger charge is -2.04. The molecule has 2 rings (SSSR count). The van der Waals surface area contributed by atoms with Crippen molar-refractivity contribution in [3.8, 4) is 0 Å². The van der Waals surface area contributed by atoms with Crippen LogP contribution in [0.25, 0.3) is 0 Å². The molecule has 0 unspecified atom stereocenters. The van der Waals surface area contributed by atoms with E-state index in [1.807, 2.05) is 31.2 Å². The van der Waals surface area contributed by atoms with E-state index in [4.69, 9.17) is 0 Å². The first-order valence-electron chi connectivity index (χ1n) is 6.29. The Kier molecular flexibility index (Phi) is 4.29. The molecule has 20 heavy (non-hydrogen) atoms. The number of hydrogen-bond donors (Lipinski definition) is 1. The summed E-state index contributed by atoms with van der Waals surface area (Å²) in [5, 5.41) is 3.50. The fourth-order valence-electron chi connectivity index (χ4n) is 1.92. The highest BCUT2D eigenvalue weighted by molar-refractivity contribution is 7.13. The molecule has 1 aromatic carbocycles. The van der Waals surface area contributed by atoms with E-state index >= 15 is 0 Å². The van der Waals surface area contributed by atoms with Crippen molar-refractivity contribution < 1.29 is 9.59 Å². The van der Waals surface area contributed by atoms with Crippen LogP contribution in [0.15, 0.2) is 24.3 Å². The van der Waals surface area contributed by atoms with Crippen molar-refractivity contribution >= 4 is 28.7 Å². The Balaban J connectivity index is 2.05. The lowest BCUT2D eigenvalue weighted by Crippen LogP contribution is -2.14. The number of hydrogen-bond acceptors (Lipinski definition) is 4. The van der Waals surface area contributed by atoms with Crippen LogP contribution in [0.5, 0.6) is 0 Å². The fraction of sp³-hybridized carbons (Fsp3) is 0.267. The van der Waals surface area contributed by atoms with E-state index in [0.29, 0.717) is 15.6 Å². The zero-order chi connectivity index (χ0) is 14.7. The molecule has 5 heteroatoms. The highest BCUT2D eigenvalue weighted by Crippen LogP contribution is 2.19. The van der Waals surface area contributed by atoms with Gasteiger partial charge in [-0.25, -0.2) is 4.98 Å². The zero-order valence-electron chi connectivity index (χ0n) is 11.7. The van der Waals surface area contributed by atoms with E-state index in [-0.39, 0.29) is 18.1 Å². The molecule has 2 aromatic rings. The number of aromatic nitrogens is 1. The number of carbonyl (C=O) groups excluding carboxylic acids is 2. The van der Waals surface area contributed by atoms with Crippen LogP contribution >= 0.6 is 11.3 Å². The van der Waals surface area contributed by atoms with Crippen LogP contribution in [0.1, 0.15) is 32.9 Å². The van der Waals surface area contributed by atoms with E-state index in [1.54, 1.807) is 6.92 Å². The lowest BCUT2D eigenvalue weighted by atomic mass is 10.2. The molecular formula is C15H16N2O2S. The van der Waals surface area contributed by atoms with Crippen molar-refractivity contribution in [2.75, 3.05) is 5.32 Å².